The standard InChI is InChI=1S/C14H27NO4Si.K.H/c1-20(2,3)9-8-19-14(18)12(15)10-4-6-11(7-5-10)13(16)17;;/h10-12H,4-9,15H2,1-3H3,(H,16,17);;/t10-,11-,12?;;. The molecule has 0 bridgehead atoms. The van der Waals surface area contributed by atoms with Gasteiger partial charge in [-0.3, -0.25) is 9.59 Å². The molecule has 1 aliphatic rings. The Labute approximate surface area is 170 Å². The maximum absolute atomic E-state index is 11.9. The van der Waals surface area contributed by atoms with Crippen molar-refractivity contribution < 1.29 is 19.4 Å². The van der Waals surface area contributed by atoms with E-state index in [0.29, 0.717) is 32.3 Å². The molecule has 1 fully saturated rings. The minimum absolute atomic E-state index is 0. The summed E-state index contributed by atoms with van der Waals surface area (Å²) in [7, 11) is -1.20. The molecule has 0 aliphatic heterocycles. The van der Waals surface area contributed by atoms with Crippen LogP contribution in [-0.2, 0) is 14.3 Å². The normalized spacial score (nSPS) is 23.8. The Morgan fingerprint density at radius 3 is 2.19 bits per heavy atom. The summed E-state index contributed by atoms with van der Waals surface area (Å²) in [5, 5.41) is 8.95. The van der Waals surface area contributed by atoms with Gasteiger partial charge in [-0.15, -0.1) is 0 Å². The van der Waals surface area contributed by atoms with Crippen LogP contribution in [0.15, 0.2) is 0 Å². The van der Waals surface area contributed by atoms with Crippen molar-refractivity contribution in [3.05, 3.63) is 0 Å². The molecule has 7 heteroatoms. The van der Waals surface area contributed by atoms with Crippen LogP contribution in [0, 0.1) is 11.8 Å². The predicted octanol–water partition coefficient (Wildman–Crippen LogP) is 1.44. The molecule has 0 aromatic heterocycles. The zero-order valence-corrected chi connectivity index (χ0v) is 13.7. The summed E-state index contributed by atoms with van der Waals surface area (Å²) in [5.41, 5.74) is 5.95. The Morgan fingerprint density at radius 1 is 1.24 bits per heavy atom. The Hall–Kier alpha value is 0.753. The van der Waals surface area contributed by atoms with E-state index in [4.69, 9.17) is 15.6 Å². The molecule has 3 N–H and O–H groups in total. The summed E-state index contributed by atoms with van der Waals surface area (Å²) in [6, 6.07) is 0.336. The summed E-state index contributed by atoms with van der Waals surface area (Å²) in [4.78, 5) is 22.8. The van der Waals surface area contributed by atoms with Crippen molar-refractivity contribution in [2.24, 2.45) is 17.6 Å². The van der Waals surface area contributed by atoms with Crippen LogP contribution in [0.1, 0.15) is 25.7 Å². The van der Waals surface area contributed by atoms with Crippen molar-refractivity contribution in [2.75, 3.05) is 6.61 Å². The van der Waals surface area contributed by atoms with Crippen molar-refractivity contribution >= 4 is 71.4 Å². The third-order valence-electron chi connectivity index (χ3n) is 4.00. The van der Waals surface area contributed by atoms with Gasteiger partial charge < -0.3 is 15.6 Å². The number of carboxylic acids is 1. The molecule has 1 saturated carbocycles. The fraction of sp³-hybridized carbons (Fsp3) is 0.857. The van der Waals surface area contributed by atoms with Gasteiger partial charge in [-0.2, -0.15) is 0 Å². The molecular weight excluding hydrogens is 313 g/mol. The van der Waals surface area contributed by atoms with Crippen LogP contribution >= 0.6 is 0 Å². The van der Waals surface area contributed by atoms with Gasteiger partial charge in [-0.1, -0.05) is 19.6 Å². The van der Waals surface area contributed by atoms with Gasteiger partial charge in [0.05, 0.1) is 12.5 Å². The Bertz CT molecular complexity index is 351. The summed E-state index contributed by atoms with van der Waals surface area (Å²) >= 11 is 0. The first kappa shape index (κ1) is 21.8. The molecule has 5 nitrogen and oxygen atoms in total. The number of nitrogens with two attached hydrogens (primary N) is 1. The van der Waals surface area contributed by atoms with E-state index in [1.165, 1.54) is 0 Å². The van der Waals surface area contributed by atoms with Crippen LogP contribution in [0.25, 0.3) is 0 Å². The van der Waals surface area contributed by atoms with Crippen LogP contribution in [0.2, 0.25) is 25.7 Å². The van der Waals surface area contributed by atoms with E-state index in [-0.39, 0.29) is 69.2 Å². The quantitative estimate of drug-likeness (QED) is 0.563. The number of ether oxygens (including phenoxy) is 1. The molecule has 0 aromatic carbocycles. The maximum atomic E-state index is 11.9. The number of hydrogen-bond acceptors (Lipinski definition) is 4. The number of rotatable bonds is 6. The first-order valence-electron chi connectivity index (χ1n) is 7.36. The second kappa shape index (κ2) is 9.79. The van der Waals surface area contributed by atoms with Gasteiger partial charge in [-0.05, 0) is 37.6 Å². The summed E-state index contributed by atoms with van der Waals surface area (Å²) < 4.78 is 5.26. The number of esters is 1. The molecule has 0 heterocycles. The van der Waals surface area contributed by atoms with Crippen LogP contribution in [0.5, 0.6) is 0 Å². The zero-order valence-electron chi connectivity index (χ0n) is 12.7. The van der Waals surface area contributed by atoms with E-state index in [0.717, 1.165) is 6.04 Å². The molecule has 1 atom stereocenters. The summed E-state index contributed by atoms with van der Waals surface area (Å²) in [6.07, 6.45) is 2.61. The Morgan fingerprint density at radius 2 is 1.76 bits per heavy atom. The third kappa shape index (κ3) is 8.24. The number of carbonyl (C=O) groups excluding carboxylic acids is 1. The predicted molar refractivity (Wildman–Crippen MR) is 87.3 cm³/mol. The van der Waals surface area contributed by atoms with Crippen molar-refractivity contribution in [1.82, 2.24) is 0 Å². The zero-order chi connectivity index (χ0) is 15.3. The molecule has 1 unspecified atom stereocenters. The molecular formula is C14H28KNO4Si. The molecule has 1 aliphatic carbocycles. The van der Waals surface area contributed by atoms with Crippen molar-refractivity contribution in [2.45, 2.75) is 57.4 Å². The minimum atomic E-state index is -1.20. The van der Waals surface area contributed by atoms with E-state index < -0.39 is 20.1 Å². The van der Waals surface area contributed by atoms with Crippen LogP contribution in [0.4, 0.5) is 0 Å². The molecule has 0 aromatic rings. The monoisotopic (exact) mass is 341 g/mol. The van der Waals surface area contributed by atoms with Gasteiger partial charge in [-0.25, -0.2) is 0 Å². The van der Waals surface area contributed by atoms with E-state index >= 15 is 0 Å². The van der Waals surface area contributed by atoms with Gasteiger partial charge in [0, 0.05) is 8.07 Å². The van der Waals surface area contributed by atoms with Crippen LogP contribution in [-0.4, -0.2) is 89.2 Å². The van der Waals surface area contributed by atoms with Gasteiger partial charge >= 0.3 is 63.3 Å². The van der Waals surface area contributed by atoms with E-state index in [9.17, 15) is 9.59 Å². The van der Waals surface area contributed by atoms with Gasteiger partial charge in [0.25, 0.3) is 0 Å². The van der Waals surface area contributed by atoms with Crippen molar-refractivity contribution in [3.63, 3.8) is 0 Å². The molecule has 0 radical (unpaired) electrons. The summed E-state index contributed by atoms with van der Waals surface area (Å²) in [5.74, 6) is -1.29. The van der Waals surface area contributed by atoms with E-state index in [1.54, 1.807) is 0 Å². The van der Waals surface area contributed by atoms with Crippen LogP contribution in [0.3, 0.4) is 0 Å². The third-order valence-corrected chi connectivity index (χ3v) is 5.70. The van der Waals surface area contributed by atoms with Gasteiger partial charge in [0.2, 0.25) is 0 Å². The SMILES string of the molecule is C[Si](C)(C)CCOC(=O)C(N)[C@H]1CC[C@H](C(=O)O)CC1.[KH]. The number of aliphatic carboxylic acids is 1. The topological polar surface area (TPSA) is 89.6 Å². The first-order chi connectivity index (χ1) is 9.20. The number of carbonyl (C=O) groups is 2. The fourth-order valence-electron chi connectivity index (χ4n) is 2.47. The van der Waals surface area contributed by atoms with Gasteiger partial charge in [0.1, 0.15) is 6.04 Å². The van der Waals surface area contributed by atoms with E-state index in [1.807, 2.05) is 0 Å². The number of hydrogen-bond donors (Lipinski definition) is 2. The summed E-state index contributed by atoms with van der Waals surface area (Å²) in [6.45, 7) is 7.14. The molecule has 118 valence electrons. The van der Waals surface area contributed by atoms with E-state index in [2.05, 4.69) is 19.6 Å². The molecule has 0 spiro atoms. The Balaban J connectivity index is 0.00000400. The average molecular weight is 342 g/mol. The second-order valence-electron chi connectivity index (χ2n) is 6.95. The van der Waals surface area contributed by atoms with Gasteiger partial charge in [0.15, 0.2) is 0 Å². The van der Waals surface area contributed by atoms with Crippen LogP contribution < -0.4 is 5.73 Å². The number of carboxylic acid groups (broad SMARTS) is 1. The fourth-order valence-corrected chi connectivity index (χ4v) is 3.19. The Kier molecular flexibility index (Phi) is 10.1. The second-order valence-corrected chi connectivity index (χ2v) is 12.6. The molecule has 0 saturated heterocycles. The van der Waals surface area contributed by atoms with Crippen molar-refractivity contribution in [1.29, 1.82) is 0 Å². The average Bonchev–Trinajstić information content (AvgIpc) is 2.36. The first-order valence-corrected chi connectivity index (χ1v) is 11.1. The molecule has 1 rings (SSSR count). The molecule has 0 amide bonds. The van der Waals surface area contributed by atoms with Crippen molar-refractivity contribution in [3.8, 4) is 0 Å². The molecule has 21 heavy (non-hydrogen) atoms.